The van der Waals surface area contributed by atoms with Gasteiger partial charge in [0.1, 0.15) is 0 Å². The Morgan fingerprint density at radius 1 is 1.28 bits per heavy atom. The van der Waals surface area contributed by atoms with Crippen LogP contribution in [-0.2, 0) is 15.9 Å². The summed E-state index contributed by atoms with van der Waals surface area (Å²) in [6, 6.07) is 8.90. The summed E-state index contributed by atoms with van der Waals surface area (Å²) in [7, 11) is 2.00. The van der Waals surface area contributed by atoms with Gasteiger partial charge < -0.3 is 14.8 Å². The molecule has 0 saturated carbocycles. The van der Waals surface area contributed by atoms with Gasteiger partial charge >= 0.3 is 0 Å². The molecule has 1 aliphatic carbocycles. The van der Waals surface area contributed by atoms with Crippen LogP contribution in [0, 0.1) is 0 Å². The first kappa shape index (κ1) is 12.2. The lowest BCUT2D eigenvalue weighted by molar-refractivity contribution is -0.191. The van der Waals surface area contributed by atoms with E-state index in [1.165, 1.54) is 24.0 Å². The maximum atomic E-state index is 6.15. The molecular formula is C15H21NO2. The Labute approximate surface area is 108 Å². The van der Waals surface area contributed by atoms with E-state index in [4.69, 9.17) is 9.47 Å². The van der Waals surface area contributed by atoms with Crippen molar-refractivity contribution in [1.29, 1.82) is 0 Å². The van der Waals surface area contributed by atoms with E-state index in [2.05, 4.69) is 29.6 Å². The number of rotatable bonds is 3. The third kappa shape index (κ3) is 2.30. The summed E-state index contributed by atoms with van der Waals surface area (Å²) in [6.45, 7) is 0.842. The van der Waals surface area contributed by atoms with Crippen LogP contribution in [0.5, 0.6) is 0 Å². The molecular weight excluding hydrogens is 226 g/mol. The third-order valence-corrected chi connectivity index (χ3v) is 3.96. The molecule has 0 aromatic heterocycles. The van der Waals surface area contributed by atoms with Gasteiger partial charge in [-0.1, -0.05) is 24.3 Å². The van der Waals surface area contributed by atoms with Crippen LogP contribution >= 0.6 is 0 Å². The first-order valence-corrected chi connectivity index (χ1v) is 6.90. The minimum Gasteiger partial charge on any atom is -0.353 e. The first-order valence-electron chi connectivity index (χ1n) is 6.90. The lowest BCUT2D eigenvalue weighted by atomic mass is 10.1. The Kier molecular flexibility index (Phi) is 3.64. The Balaban J connectivity index is 1.70. The van der Waals surface area contributed by atoms with E-state index in [0.717, 1.165) is 19.4 Å². The van der Waals surface area contributed by atoms with Crippen LogP contribution in [0.3, 0.4) is 0 Å². The van der Waals surface area contributed by atoms with Gasteiger partial charge in [-0.15, -0.1) is 0 Å². The van der Waals surface area contributed by atoms with E-state index in [0.29, 0.717) is 6.04 Å². The van der Waals surface area contributed by atoms with Crippen molar-refractivity contribution in [3.05, 3.63) is 35.4 Å². The minimum absolute atomic E-state index is 0.00564. The summed E-state index contributed by atoms with van der Waals surface area (Å²) in [4.78, 5) is 0. The van der Waals surface area contributed by atoms with Crippen LogP contribution in [0.1, 0.15) is 36.4 Å². The van der Waals surface area contributed by atoms with E-state index in [1.54, 1.807) is 0 Å². The molecule has 1 saturated heterocycles. The number of benzene rings is 1. The highest BCUT2D eigenvalue weighted by Gasteiger charge is 2.34. The zero-order valence-electron chi connectivity index (χ0n) is 10.9. The van der Waals surface area contributed by atoms with Crippen molar-refractivity contribution in [3.8, 4) is 0 Å². The highest BCUT2D eigenvalue weighted by molar-refractivity contribution is 5.36. The predicted octanol–water partition coefficient (Wildman–Crippen LogP) is 2.42. The van der Waals surface area contributed by atoms with Crippen molar-refractivity contribution in [2.24, 2.45) is 0 Å². The highest BCUT2D eigenvalue weighted by atomic mass is 16.7. The third-order valence-electron chi connectivity index (χ3n) is 3.96. The summed E-state index contributed by atoms with van der Waals surface area (Å²) in [5, 5.41) is 3.38. The topological polar surface area (TPSA) is 30.5 Å². The second-order valence-corrected chi connectivity index (χ2v) is 5.14. The van der Waals surface area contributed by atoms with Crippen molar-refractivity contribution in [2.45, 2.75) is 44.1 Å². The van der Waals surface area contributed by atoms with Gasteiger partial charge in [0.2, 0.25) is 0 Å². The summed E-state index contributed by atoms with van der Waals surface area (Å²) in [5.74, 6) is 0. The molecule has 0 spiro atoms. The lowest BCUT2D eigenvalue weighted by Gasteiger charge is -2.28. The van der Waals surface area contributed by atoms with E-state index in [9.17, 15) is 0 Å². The molecule has 1 fully saturated rings. The zero-order chi connectivity index (χ0) is 12.4. The summed E-state index contributed by atoms with van der Waals surface area (Å²) in [6.07, 6.45) is 4.60. The molecule has 0 bridgehead atoms. The highest BCUT2D eigenvalue weighted by Crippen LogP contribution is 2.34. The van der Waals surface area contributed by atoms with Crippen LogP contribution < -0.4 is 5.32 Å². The molecule has 3 nitrogen and oxygen atoms in total. The lowest BCUT2D eigenvalue weighted by Crippen LogP contribution is -2.34. The summed E-state index contributed by atoms with van der Waals surface area (Å²) >= 11 is 0. The summed E-state index contributed by atoms with van der Waals surface area (Å²) < 4.78 is 11.8. The number of hydrogen-bond acceptors (Lipinski definition) is 3. The standard InChI is InChI=1S/C15H21NO2/c1-16-15-12-7-3-2-6-11(12)10-13(15)18-14-8-4-5-9-17-14/h2-3,6-7,13-16H,4-5,8-10H2,1H3/t13-,14?,15+/m0/s1. The maximum absolute atomic E-state index is 6.15. The minimum atomic E-state index is -0.00564. The van der Waals surface area contributed by atoms with Crippen LogP contribution in [0.15, 0.2) is 24.3 Å². The largest absolute Gasteiger partial charge is 0.353 e. The Bertz CT molecular complexity index is 401. The second-order valence-electron chi connectivity index (χ2n) is 5.14. The Morgan fingerprint density at radius 2 is 2.17 bits per heavy atom. The fraction of sp³-hybridized carbons (Fsp3) is 0.600. The molecule has 0 amide bonds. The number of likely N-dealkylation sites (N-methyl/N-ethyl adjacent to an activating group) is 1. The van der Waals surface area contributed by atoms with Crippen LogP contribution in [-0.4, -0.2) is 26.0 Å². The van der Waals surface area contributed by atoms with E-state index >= 15 is 0 Å². The Morgan fingerprint density at radius 3 is 2.94 bits per heavy atom. The van der Waals surface area contributed by atoms with Crippen LogP contribution in [0.25, 0.3) is 0 Å². The van der Waals surface area contributed by atoms with E-state index in [-0.39, 0.29) is 12.4 Å². The molecule has 1 aliphatic heterocycles. The van der Waals surface area contributed by atoms with Crippen molar-refractivity contribution < 1.29 is 9.47 Å². The molecule has 3 heteroatoms. The van der Waals surface area contributed by atoms with Crippen molar-refractivity contribution in [2.75, 3.05) is 13.7 Å². The SMILES string of the molecule is CN[C@@H]1c2ccccc2C[C@@H]1OC1CCCCO1. The quantitative estimate of drug-likeness (QED) is 0.889. The fourth-order valence-electron chi connectivity index (χ4n) is 3.04. The fourth-order valence-corrected chi connectivity index (χ4v) is 3.04. The van der Waals surface area contributed by atoms with Gasteiger partial charge in [-0.2, -0.15) is 0 Å². The van der Waals surface area contributed by atoms with Gasteiger partial charge in [0, 0.05) is 13.0 Å². The molecule has 1 aromatic rings. The molecule has 1 aromatic carbocycles. The number of nitrogens with one attached hydrogen (secondary N) is 1. The van der Waals surface area contributed by atoms with Gasteiger partial charge in [-0.3, -0.25) is 0 Å². The van der Waals surface area contributed by atoms with Gasteiger partial charge in [0.05, 0.1) is 12.1 Å². The zero-order valence-corrected chi connectivity index (χ0v) is 10.9. The molecule has 3 rings (SSSR count). The molecule has 18 heavy (non-hydrogen) atoms. The van der Waals surface area contributed by atoms with Crippen molar-refractivity contribution in [1.82, 2.24) is 5.32 Å². The van der Waals surface area contributed by atoms with Crippen molar-refractivity contribution in [3.63, 3.8) is 0 Å². The molecule has 0 radical (unpaired) electrons. The molecule has 98 valence electrons. The molecule has 3 atom stereocenters. The normalized spacial score (nSPS) is 31.3. The predicted molar refractivity (Wildman–Crippen MR) is 70.4 cm³/mol. The second kappa shape index (κ2) is 5.39. The van der Waals surface area contributed by atoms with Crippen LogP contribution in [0.2, 0.25) is 0 Å². The average Bonchev–Trinajstić information content (AvgIpc) is 2.77. The summed E-state index contributed by atoms with van der Waals surface area (Å²) in [5.41, 5.74) is 2.78. The van der Waals surface area contributed by atoms with Gasteiger partial charge in [-0.25, -0.2) is 0 Å². The van der Waals surface area contributed by atoms with E-state index < -0.39 is 0 Å². The number of hydrogen-bond donors (Lipinski definition) is 1. The molecule has 1 N–H and O–H groups in total. The van der Waals surface area contributed by atoms with Gasteiger partial charge in [-0.05, 0) is 37.4 Å². The Hall–Kier alpha value is -0.900. The first-order chi connectivity index (χ1) is 8.88. The van der Waals surface area contributed by atoms with Crippen LogP contribution in [0.4, 0.5) is 0 Å². The maximum Gasteiger partial charge on any atom is 0.158 e. The molecule has 2 aliphatic rings. The number of ether oxygens (including phenoxy) is 2. The average molecular weight is 247 g/mol. The van der Waals surface area contributed by atoms with Crippen molar-refractivity contribution >= 4 is 0 Å². The monoisotopic (exact) mass is 247 g/mol. The number of fused-ring (bicyclic) bond motifs is 1. The smallest absolute Gasteiger partial charge is 0.158 e. The van der Waals surface area contributed by atoms with Gasteiger partial charge in [0.15, 0.2) is 6.29 Å². The molecule has 1 unspecified atom stereocenters. The van der Waals surface area contributed by atoms with Gasteiger partial charge in [0.25, 0.3) is 0 Å². The van der Waals surface area contributed by atoms with E-state index in [1.807, 2.05) is 7.05 Å². The molecule has 1 heterocycles.